The number of nitrogens with zero attached hydrogens (tertiary/aromatic N) is 2. The number of benzene rings is 2. The number of carbonyl (C=O) groups is 5. The number of aryl methyl sites for hydroxylation is 1. The Bertz CT molecular complexity index is 1720. The zero-order chi connectivity index (χ0) is 39.2. The highest BCUT2D eigenvalue weighted by atomic mass is 19.1. The number of hydroxylamine groups is 1. The molecule has 14 heteroatoms. The minimum Gasteiger partial charge on any atom is -0.444 e. The quantitative estimate of drug-likeness (QED) is 0.161. The van der Waals surface area contributed by atoms with E-state index in [0.29, 0.717) is 42.6 Å². The Morgan fingerprint density at radius 2 is 1.76 bits per heavy atom. The van der Waals surface area contributed by atoms with Crippen LogP contribution in [0.1, 0.15) is 103 Å². The molecule has 2 aromatic rings. The minimum atomic E-state index is -1.28. The summed E-state index contributed by atoms with van der Waals surface area (Å²) < 4.78 is 25.8. The van der Waals surface area contributed by atoms with Crippen molar-refractivity contribution in [1.29, 1.82) is 0 Å². The third-order valence-corrected chi connectivity index (χ3v) is 10.2. The smallest absolute Gasteiger partial charge is 0.410 e. The summed E-state index contributed by atoms with van der Waals surface area (Å²) in [6.45, 7) is 11.1. The molecule has 0 bridgehead atoms. The zero-order valence-corrected chi connectivity index (χ0v) is 32.2. The van der Waals surface area contributed by atoms with E-state index in [1.807, 2.05) is 32.9 Å². The molecule has 1 aliphatic carbocycles. The summed E-state index contributed by atoms with van der Waals surface area (Å²) in [4.78, 5) is 77.1. The number of nitrogens with one attached hydrogen (secondary N) is 3. The molecule has 3 N–H and O–H groups in total. The first-order chi connectivity index (χ1) is 25.7. The molecule has 294 valence electrons. The van der Waals surface area contributed by atoms with E-state index in [2.05, 4.69) is 16.1 Å². The Labute approximate surface area is 316 Å². The number of ether oxygens (including phenoxy) is 2. The molecule has 2 heterocycles. The molecule has 5 atom stereocenters. The van der Waals surface area contributed by atoms with Gasteiger partial charge in [0.25, 0.3) is 5.91 Å². The molecule has 2 fully saturated rings. The molecule has 1 saturated heterocycles. The van der Waals surface area contributed by atoms with E-state index >= 15 is 0 Å². The maximum atomic E-state index is 14.5. The number of amides is 5. The van der Waals surface area contributed by atoms with Crippen molar-refractivity contribution in [2.75, 3.05) is 6.54 Å². The molecule has 5 amide bonds. The van der Waals surface area contributed by atoms with Gasteiger partial charge in [0.05, 0.1) is 13.1 Å². The highest BCUT2D eigenvalue weighted by Gasteiger charge is 2.62. The van der Waals surface area contributed by atoms with Crippen LogP contribution in [0.2, 0.25) is 0 Å². The number of hydrogen-bond acceptors (Lipinski definition) is 8. The Balaban J connectivity index is 1.36. The maximum absolute atomic E-state index is 14.5. The molecular formula is C40H54FN5O8. The lowest BCUT2D eigenvalue weighted by molar-refractivity contribution is -0.142. The summed E-state index contributed by atoms with van der Waals surface area (Å²) in [6.07, 6.45) is 2.00. The van der Waals surface area contributed by atoms with Crippen molar-refractivity contribution < 1.29 is 42.7 Å². The summed E-state index contributed by atoms with van der Waals surface area (Å²) in [6, 6.07) is 9.72. The summed E-state index contributed by atoms with van der Waals surface area (Å²) in [5.74, 6) is -1.75. The lowest BCUT2D eigenvalue weighted by Crippen LogP contribution is -2.58. The van der Waals surface area contributed by atoms with Gasteiger partial charge in [-0.1, -0.05) is 69.9 Å². The molecule has 2 aliphatic heterocycles. The Hall–Kier alpha value is -4.88. The van der Waals surface area contributed by atoms with Crippen molar-refractivity contribution in [3.8, 4) is 5.75 Å². The van der Waals surface area contributed by atoms with Crippen molar-refractivity contribution in [2.45, 2.75) is 135 Å². The topological polar surface area (TPSA) is 156 Å². The van der Waals surface area contributed by atoms with Crippen LogP contribution in [0.5, 0.6) is 5.75 Å². The van der Waals surface area contributed by atoms with Crippen LogP contribution in [-0.2, 0) is 36.9 Å². The van der Waals surface area contributed by atoms with E-state index in [1.165, 1.54) is 15.9 Å². The summed E-state index contributed by atoms with van der Waals surface area (Å²) >= 11 is 0. The molecule has 1 saturated carbocycles. The molecule has 0 aromatic heterocycles. The number of para-hydroxylation sites is 1. The fraction of sp³-hybridized carbons (Fsp3) is 0.575. The summed E-state index contributed by atoms with van der Waals surface area (Å²) in [5.41, 5.74) is 2.34. The van der Waals surface area contributed by atoms with E-state index in [4.69, 9.17) is 14.3 Å². The fourth-order valence-corrected chi connectivity index (χ4v) is 7.29. The number of unbranched alkanes of at least 4 members (excludes halogenated alkanes) is 2. The molecule has 3 aliphatic rings. The van der Waals surface area contributed by atoms with Gasteiger partial charge >= 0.3 is 12.2 Å². The van der Waals surface area contributed by atoms with Crippen LogP contribution >= 0.6 is 0 Å². The van der Waals surface area contributed by atoms with Crippen molar-refractivity contribution >= 4 is 29.9 Å². The van der Waals surface area contributed by atoms with Crippen LogP contribution < -0.4 is 21.0 Å². The predicted octanol–water partition coefficient (Wildman–Crippen LogP) is 5.81. The fourth-order valence-electron chi connectivity index (χ4n) is 7.29. The molecule has 0 radical (unpaired) electrons. The van der Waals surface area contributed by atoms with E-state index in [9.17, 15) is 28.4 Å². The molecule has 5 rings (SSSR count). The van der Waals surface area contributed by atoms with Crippen molar-refractivity contribution in [2.24, 2.45) is 5.92 Å². The maximum Gasteiger partial charge on any atom is 0.410 e. The molecule has 13 nitrogen and oxygen atoms in total. The Kier molecular flexibility index (Phi) is 12.7. The van der Waals surface area contributed by atoms with Crippen molar-refractivity contribution in [3.63, 3.8) is 0 Å². The van der Waals surface area contributed by atoms with Gasteiger partial charge in [-0.15, -0.1) is 0 Å². The van der Waals surface area contributed by atoms with Gasteiger partial charge in [-0.2, -0.15) is 5.48 Å². The van der Waals surface area contributed by atoms with E-state index in [-0.39, 0.29) is 32.0 Å². The van der Waals surface area contributed by atoms with E-state index < -0.39 is 65.1 Å². The molecule has 0 spiro atoms. The summed E-state index contributed by atoms with van der Waals surface area (Å²) in [7, 11) is 0. The third-order valence-electron chi connectivity index (χ3n) is 10.2. The molecule has 54 heavy (non-hydrogen) atoms. The number of likely N-dealkylation sites (tertiary alicyclic amines) is 1. The highest BCUT2D eigenvalue weighted by molar-refractivity contribution is 5.98. The van der Waals surface area contributed by atoms with Gasteiger partial charge in [0.15, 0.2) is 5.75 Å². The Morgan fingerprint density at radius 3 is 2.44 bits per heavy atom. The average molecular weight is 752 g/mol. The van der Waals surface area contributed by atoms with E-state index in [1.54, 1.807) is 45.0 Å². The average Bonchev–Trinajstić information content (AvgIpc) is 3.41. The van der Waals surface area contributed by atoms with Crippen LogP contribution in [0.15, 0.2) is 42.5 Å². The van der Waals surface area contributed by atoms with Crippen LogP contribution in [0.25, 0.3) is 0 Å². The lowest BCUT2D eigenvalue weighted by Gasteiger charge is -2.30. The van der Waals surface area contributed by atoms with Gasteiger partial charge in [0, 0.05) is 18.5 Å². The normalized spacial score (nSPS) is 22.2. The van der Waals surface area contributed by atoms with Gasteiger partial charge in [-0.25, -0.2) is 14.0 Å². The van der Waals surface area contributed by atoms with Gasteiger partial charge < -0.3 is 29.8 Å². The van der Waals surface area contributed by atoms with Gasteiger partial charge in [0.1, 0.15) is 35.1 Å². The predicted molar refractivity (Wildman–Crippen MR) is 197 cm³/mol. The largest absolute Gasteiger partial charge is 0.444 e. The minimum absolute atomic E-state index is 0.0282. The first-order valence-corrected chi connectivity index (χ1v) is 19.0. The van der Waals surface area contributed by atoms with Crippen LogP contribution in [0.4, 0.5) is 14.0 Å². The number of carbonyl (C=O) groups excluding carboxylic acids is 5. The Morgan fingerprint density at radius 1 is 1.00 bits per heavy atom. The number of hydrogen-bond donors (Lipinski definition) is 3. The lowest BCUT2D eigenvalue weighted by atomic mass is 10.1. The second-order valence-electron chi connectivity index (χ2n) is 15.6. The summed E-state index contributed by atoms with van der Waals surface area (Å²) in [5, 5.41) is 5.67. The van der Waals surface area contributed by atoms with Crippen LogP contribution in [0, 0.1) is 18.7 Å². The molecular weight excluding hydrogens is 697 g/mol. The van der Waals surface area contributed by atoms with Crippen molar-refractivity contribution in [1.82, 2.24) is 25.9 Å². The highest BCUT2D eigenvalue weighted by Crippen LogP contribution is 2.47. The first-order valence-electron chi connectivity index (χ1n) is 19.0. The van der Waals surface area contributed by atoms with Gasteiger partial charge in [0.2, 0.25) is 11.8 Å². The number of fused-ring (bicyclic) bond motifs is 1. The third kappa shape index (κ3) is 9.61. The number of alkyl carbamates (subject to hydrolysis) is 1. The standard InChI is InChI=1S/C40H54FN5O8/c1-7-9-10-18-31(42-37(50)53-39(4,5)6)35(48)46-23-28(52-38(51)45-22-26-16-13-17-30(41)29(26)24-45)20-32(46)34(47)43-40(21-27(40)14-8-2)36(49)44-54-33-19-12-11-15-25(33)3/h11-13,15-17,19,27-28,31-32H,7-10,14,18,20-24H2,1-6H3,(H,42,50)(H,43,47)(H,44,49)/t27-,28-,31+,32+,40-/m1/s1. The van der Waals surface area contributed by atoms with Gasteiger partial charge in [-0.05, 0) is 76.1 Å². The SMILES string of the molecule is CCCCC[C@H](NC(=O)OC(C)(C)C)C(=O)N1C[C@H](OC(=O)N2Cc3cccc(F)c3C2)C[C@H]1C(=O)N[C@]1(C(=O)NOc2ccccc2C)C[C@H]1CCC. The van der Waals surface area contributed by atoms with E-state index in [0.717, 1.165) is 24.8 Å². The second-order valence-corrected chi connectivity index (χ2v) is 15.6. The first kappa shape index (κ1) is 40.3. The van der Waals surface area contributed by atoms with Gasteiger partial charge in [-0.3, -0.25) is 19.3 Å². The number of rotatable bonds is 14. The monoisotopic (exact) mass is 751 g/mol. The molecule has 2 aromatic carbocycles. The number of halogens is 1. The second kappa shape index (κ2) is 17.1. The van der Waals surface area contributed by atoms with Crippen LogP contribution in [-0.4, -0.2) is 75.6 Å². The zero-order valence-electron chi connectivity index (χ0n) is 32.2. The van der Waals surface area contributed by atoms with Crippen molar-refractivity contribution in [3.05, 3.63) is 65.0 Å². The van der Waals surface area contributed by atoms with Crippen LogP contribution in [0.3, 0.4) is 0 Å². The molecule has 0 unspecified atom stereocenters.